The number of amides is 1. The van der Waals surface area contributed by atoms with E-state index in [4.69, 9.17) is 0 Å². The van der Waals surface area contributed by atoms with Crippen molar-refractivity contribution < 1.29 is 31.1 Å². The zero-order valence-corrected chi connectivity index (χ0v) is 20.4. The molecule has 0 spiro atoms. The maximum Gasteiger partial charge on any atom is 0.451 e. The van der Waals surface area contributed by atoms with Gasteiger partial charge in [-0.1, -0.05) is 18.2 Å². The van der Waals surface area contributed by atoms with Gasteiger partial charge in [-0.3, -0.25) is 9.48 Å². The predicted molar refractivity (Wildman–Crippen MR) is 125 cm³/mol. The van der Waals surface area contributed by atoms with Crippen molar-refractivity contribution in [1.82, 2.24) is 29.4 Å². The number of aryl methyl sites for hydroxylation is 1. The van der Waals surface area contributed by atoms with Crippen LogP contribution in [0.3, 0.4) is 0 Å². The predicted octanol–water partition coefficient (Wildman–Crippen LogP) is 5.40. The summed E-state index contributed by atoms with van der Waals surface area (Å²) in [5.41, 5.74) is 1.71. The first-order valence-electron chi connectivity index (χ1n) is 12.2. The van der Waals surface area contributed by atoms with Crippen molar-refractivity contribution >= 4 is 5.91 Å². The third-order valence-corrected chi connectivity index (χ3v) is 7.22. The minimum absolute atomic E-state index is 0.0959. The molecule has 13 heteroatoms. The fourth-order valence-electron chi connectivity index (χ4n) is 5.65. The van der Waals surface area contributed by atoms with Crippen LogP contribution in [0.2, 0.25) is 0 Å². The van der Waals surface area contributed by atoms with Gasteiger partial charge in [-0.05, 0) is 49.9 Å². The number of para-hydroxylation sites is 1. The molecule has 4 aromatic rings. The average Bonchev–Trinajstić information content (AvgIpc) is 3.49. The maximum absolute atomic E-state index is 14.0. The van der Waals surface area contributed by atoms with Crippen LogP contribution in [-0.4, -0.2) is 41.4 Å². The van der Waals surface area contributed by atoms with Gasteiger partial charge in [0.15, 0.2) is 17.5 Å². The van der Waals surface area contributed by atoms with Crippen LogP contribution in [0.5, 0.6) is 0 Å². The van der Waals surface area contributed by atoms with E-state index in [0.29, 0.717) is 34.5 Å². The van der Waals surface area contributed by atoms with E-state index in [0.717, 1.165) is 18.6 Å². The van der Waals surface area contributed by atoms with E-state index in [-0.39, 0.29) is 17.7 Å². The van der Waals surface area contributed by atoms with Gasteiger partial charge in [0, 0.05) is 24.2 Å². The molecule has 2 atom stereocenters. The standard InChI is InChI=1S/C26H20F6N6O/c1-36-22(13-10-17(27)20(29)18(28)11-13)16-12-15-8-5-9-19(21(16)34-36)37(15)24(39)23-33-25(26(30,31)32)38(35-23)14-6-3-2-4-7-14/h2-4,6-7,10-11,15,19H,5,8-9,12H2,1H3/t15-,19+/m1/s1. The van der Waals surface area contributed by atoms with Gasteiger partial charge >= 0.3 is 6.18 Å². The van der Waals surface area contributed by atoms with E-state index in [1.807, 2.05) is 0 Å². The first kappa shape index (κ1) is 25.1. The van der Waals surface area contributed by atoms with E-state index < -0.39 is 53.3 Å². The molecule has 2 bridgehead atoms. The highest BCUT2D eigenvalue weighted by Gasteiger charge is 2.46. The van der Waals surface area contributed by atoms with Crippen LogP contribution in [-0.2, 0) is 19.6 Å². The van der Waals surface area contributed by atoms with Gasteiger partial charge in [0.1, 0.15) is 0 Å². The van der Waals surface area contributed by atoms with Gasteiger partial charge in [0.25, 0.3) is 5.91 Å². The molecule has 1 amide bonds. The first-order chi connectivity index (χ1) is 18.5. The minimum Gasteiger partial charge on any atom is -0.324 e. The van der Waals surface area contributed by atoms with Gasteiger partial charge in [0.2, 0.25) is 11.6 Å². The van der Waals surface area contributed by atoms with Gasteiger partial charge in [-0.25, -0.2) is 17.9 Å². The number of aromatic nitrogens is 5. The highest BCUT2D eigenvalue weighted by atomic mass is 19.4. The molecule has 0 radical (unpaired) electrons. The van der Waals surface area contributed by atoms with E-state index in [2.05, 4.69) is 15.2 Å². The molecular weight excluding hydrogens is 526 g/mol. The monoisotopic (exact) mass is 546 g/mol. The van der Waals surface area contributed by atoms with Crippen LogP contribution in [0.4, 0.5) is 26.3 Å². The molecule has 4 heterocycles. The van der Waals surface area contributed by atoms with Gasteiger partial charge in [-0.2, -0.15) is 23.3 Å². The molecule has 1 fully saturated rings. The summed E-state index contributed by atoms with van der Waals surface area (Å²) in [7, 11) is 1.57. The largest absolute Gasteiger partial charge is 0.451 e. The molecule has 6 rings (SSSR count). The van der Waals surface area contributed by atoms with Crippen LogP contribution < -0.4 is 0 Å². The summed E-state index contributed by atoms with van der Waals surface area (Å²) < 4.78 is 85.2. The fourth-order valence-corrected chi connectivity index (χ4v) is 5.65. The van der Waals surface area contributed by atoms with Crippen LogP contribution in [0.1, 0.15) is 53.0 Å². The lowest BCUT2D eigenvalue weighted by molar-refractivity contribution is -0.146. The van der Waals surface area contributed by atoms with E-state index in [1.54, 1.807) is 25.2 Å². The van der Waals surface area contributed by atoms with Gasteiger partial charge in [-0.15, -0.1) is 5.10 Å². The van der Waals surface area contributed by atoms with Crippen LogP contribution in [0.15, 0.2) is 42.5 Å². The second-order valence-corrected chi connectivity index (χ2v) is 9.61. The Morgan fingerprint density at radius 3 is 2.36 bits per heavy atom. The number of carbonyl (C=O) groups excluding carboxylic acids is 1. The number of hydrogen-bond donors (Lipinski definition) is 0. The normalized spacial score (nSPS) is 18.8. The van der Waals surface area contributed by atoms with Crippen molar-refractivity contribution in [3.05, 3.63) is 82.8 Å². The lowest BCUT2D eigenvalue weighted by Gasteiger charge is -2.44. The van der Waals surface area contributed by atoms with Crippen LogP contribution in [0, 0.1) is 17.5 Å². The summed E-state index contributed by atoms with van der Waals surface area (Å²) in [5, 5.41) is 8.48. The molecule has 0 N–H and O–H groups in total. The lowest BCUT2D eigenvalue weighted by atomic mass is 9.81. The molecule has 0 saturated carbocycles. The molecule has 2 aliphatic rings. The molecule has 0 unspecified atom stereocenters. The van der Waals surface area contributed by atoms with Crippen molar-refractivity contribution in [2.24, 2.45) is 7.05 Å². The smallest absolute Gasteiger partial charge is 0.324 e. The maximum atomic E-state index is 14.0. The Labute approximate surface area is 217 Å². The van der Waals surface area contributed by atoms with Gasteiger partial charge in [0.05, 0.1) is 23.1 Å². The van der Waals surface area contributed by atoms with Crippen LogP contribution in [0.25, 0.3) is 16.9 Å². The summed E-state index contributed by atoms with van der Waals surface area (Å²) in [5.74, 6) is -6.93. The Balaban J connectivity index is 1.41. The lowest BCUT2D eigenvalue weighted by Crippen LogP contribution is -2.50. The quantitative estimate of drug-likeness (QED) is 0.255. The SMILES string of the molecule is Cn1nc2c(c1-c1cc(F)c(F)c(F)c1)C[C@H]1CCC[C@@H]2N1C(=O)c1nc(C(F)(F)F)n(-c2ccccc2)n1. The molecule has 2 aliphatic heterocycles. The number of nitrogens with zero attached hydrogens (tertiary/aromatic N) is 6. The number of hydrogen-bond acceptors (Lipinski definition) is 4. The Bertz CT molecular complexity index is 1570. The molecular formula is C26H20F6N6O. The summed E-state index contributed by atoms with van der Waals surface area (Å²) in [6, 6.07) is 8.34. The number of carbonyl (C=O) groups is 1. The topological polar surface area (TPSA) is 68.8 Å². The average molecular weight is 546 g/mol. The number of fused-ring (bicyclic) bond motifs is 4. The Hall–Kier alpha value is -4.16. The zero-order valence-electron chi connectivity index (χ0n) is 20.4. The highest BCUT2D eigenvalue weighted by molar-refractivity contribution is 5.91. The highest BCUT2D eigenvalue weighted by Crippen LogP contribution is 2.45. The van der Waals surface area contributed by atoms with Gasteiger partial charge < -0.3 is 4.90 Å². The van der Waals surface area contributed by atoms with Crippen molar-refractivity contribution in [1.29, 1.82) is 0 Å². The van der Waals surface area contributed by atoms with Crippen molar-refractivity contribution in [3.8, 4) is 16.9 Å². The number of alkyl halides is 3. The van der Waals surface area contributed by atoms with Crippen LogP contribution >= 0.6 is 0 Å². The number of benzene rings is 2. The summed E-state index contributed by atoms with van der Waals surface area (Å²) in [6.45, 7) is 0. The van der Waals surface area contributed by atoms with Crippen molar-refractivity contribution in [2.75, 3.05) is 0 Å². The molecule has 202 valence electrons. The second-order valence-electron chi connectivity index (χ2n) is 9.61. The number of piperidine rings is 1. The van der Waals surface area contributed by atoms with E-state index >= 15 is 0 Å². The summed E-state index contributed by atoms with van der Waals surface area (Å²) in [6.07, 6.45) is -2.85. The molecule has 7 nitrogen and oxygen atoms in total. The van der Waals surface area contributed by atoms with E-state index in [1.165, 1.54) is 21.7 Å². The summed E-state index contributed by atoms with van der Waals surface area (Å²) >= 11 is 0. The molecule has 0 aliphatic carbocycles. The summed E-state index contributed by atoms with van der Waals surface area (Å²) in [4.78, 5) is 18.8. The Kier molecular flexibility index (Phi) is 5.77. The third-order valence-electron chi connectivity index (χ3n) is 7.22. The Morgan fingerprint density at radius 1 is 1.00 bits per heavy atom. The molecule has 2 aromatic carbocycles. The van der Waals surface area contributed by atoms with E-state index in [9.17, 15) is 31.1 Å². The van der Waals surface area contributed by atoms with Crippen molar-refractivity contribution in [3.63, 3.8) is 0 Å². The van der Waals surface area contributed by atoms with Crippen molar-refractivity contribution in [2.45, 2.75) is 43.9 Å². The Morgan fingerprint density at radius 2 is 1.69 bits per heavy atom. The first-order valence-corrected chi connectivity index (χ1v) is 12.2. The number of halogens is 6. The minimum atomic E-state index is -4.86. The number of rotatable bonds is 3. The fraction of sp³-hybridized carbons (Fsp3) is 0.308. The zero-order chi connectivity index (χ0) is 27.6. The second kappa shape index (κ2) is 8.95. The molecule has 1 saturated heterocycles. The third kappa shape index (κ3) is 4.07. The molecule has 2 aromatic heterocycles. The molecule has 39 heavy (non-hydrogen) atoms.